The maximum Gasteiger partial charge on any atom is 0.223 e. The van der Waals surface area contributed by atoms with Crippen LogP contribution in [0.1, 0.15) is 38.5 Å². The van der Waals surface area contributed by atoms with E-state index in [2.05, 4.69) is 17.5 Å². The van der Waals surface area contributed by atoms with Crippen LogP contribution in [0.2, 0.25) is 0 Å². The number of hydrogen-bond acceptors (Lipinski definition) is 2. The quantitative estimate of drug-likeness (QED) is 0.673. The summed E-state index contributed by atoms with van der Waals surface area (Å²) in [6.45, 7) is 0. The van der Waals surface area contributed by atoms with Gasteiger partial charge in [0.25, 0.3) is 0 Å². The Morgan fingerprint density at radius 1 is 1.27 bits per heavy atom. The molecule has 2 aliphatic rings. The lowest BCUT2D eigenvalue weighted by Crippen LogP contribution is -2.41. The molecule has 2 unspecified atom stereocenters. The van der Waals surface area contributed by atoms with Gasteiger partial charge in [-0.2, -0.15) is 0 Å². The molecule has 0 heterocycles. The van der Waals surface area contributed by atoms with Gasteiger partial charge < -0.3 is 11.1 Å². The van der Waals surface area contributed by atoms with Gasteiger partial charge in [0.1, 0.15) is 0 Å². The molecule has 0 spiro atoms. The molecule has 2 aliphatic carbocycles. The van der Waals surface area contributed by atoms with Crippen molar-refractivity contribution in [2.24, 2.45) is 11.7 Å². The molecule has 2 atom stereocenters. The van der Waals surface area contributed by atoms with Crippen molar-refractivity contribution in [1.29, 1.82) is 0 Å². The highest BCUT2D eigenvalue weighted by Crippen LogP contribution is 2.23. The average molecular weight is 208 g/mol. The van der Waals surface area contributed by atoms with Gasteiger partial charge >= 0.3 is 0 Å². The van der Waals surface area contributed by atoms with E-state index in [1.165, 1.54) is 0 Å². The van der Waals surface area contributed by atoms with Crippen LogP contribution in [0.3, 0.4) is 0 Å². The van der Waals surface area contributed by atoms with Crippen LogP contribution in [0.25, 0.3) is 0 Å². The number of hydrogen-bond donors (Lipinski definition) is 2. The summed E-state index contributed by atoms with van der Waals surface area (Å²) in [5.74, 6) is 0.383. The molecule has 15 heavy (non-hydrogen) atoms. The Labute approximate surface area is 91.1 Å². The number of rotatable bonds is 2. The number of amides is 1. The lowest BCUT2D eigenvalue weighted by molar-refractivity contribution is -0.126. The van der Waals surface area contributed by atoms with Gasteiger partial charge in [0.2, 0.25) is 5.91 Å². The third kappa shape index (κ3) is 2.81. The highest BCUT2D eigenvalue weighted by atomic mass is 16.1. The molecule has 0 aromatic rings. The van der Waals surface area contributed by atoms with Crippen LogP contribution in [-0.2, 0) is 4.79 Å². The minimum atomic E-state index is 0.161. The fraction of sp³-hybridized carbons (Fsp3) is 0.750. The molecule has 0 radical (unpaired) electrons. The number of carbonyl (C=O) groups excluding carboxylic acids is 1. The minimum absolute atomic E-state index is 0.161. The highest BCUT2D eigenvalue weighted by molar-refractivity contribution is 5.79. The molecule has 0 aliphatic heterocycles. The topological polar surface area (TPSA) is 55.1 Å². The molecule has 1 amide bonds. The highest BCUT2D eigenvalue weighted by Gasteiger charge is 2.26. The Morgan fingerprint density at radius 3 is 2.67 bits per heavy atom. The first kappa shape index (κ1) is 10.7. The Hall–Kier alpha value is -0.830. The Balaban J connectivity index is 1.79. The molecule has 0 aromatic carbocycles. The molecule has 0 aromatic heterocycles. The fourth-order valence-electron chi connectivity index (χ4n) is 2.52. The summed E-state index contributed by atoms with van der Waals surface area (Å²) in [6.07, 6.45) is 10.3. The Kier molecular flexibility index (Phi) is 3.41. The summed E-state index contributed by atoms with van der Waals surface area (Å²) < 4.78 is 0. The Bertz CT molecular complexity index is 254. The molecule has 84 valence electrons. The second-order valence-electron chi connectivity index (χ2n) is 4.77. The van der Waals surface area contributed by atoms with E-state index in [9.17, 15) is 4.79 Å². The van der Waals surface area contributed by atoms with Crippen LogP contribution in [0.5, 0.6) is 0 Å². The van der Waals surface area contributed by atoms with Crippen molar-refractivity contribution in [3.63, 3.8) is 0 Å². The fourth-order valence-corrected chi connectivity index (χ4v) is 2.52. The third-order valence-corrected chi connectivity index (χ3v) is 3.44. The van der Waals surface area contributed by atoms with E-state index < -0.39 is 0 Å². The van der Waals surface area contributed by atoms with Crippen molar-refractivity contribution in [3.05, 3.63) is 12.2 Å². The maximum atomic E-state index is 11.9. The van der Waals surface area contributed by atoms with Crippen LogP contribution < -0.4 is 11.1 Å². The van der Waals surface area contributed by atoms with Crippen molar-refractivity contribution < 1.29 is 4.79 Å². The minimum Gasteiger partial charge on any atom is -0.353 e. The smallest absolute Gasteiger partial charge is 0.223 e. The molecule has 2 rings (SSSR count). The molecule has 3 nitrogen and oxygen atoms in total. The van der Waals surface area contributed by atoms with Gasteiger partial charge in [-0.3, -0.25) is 4.79 Å². The van der Waals surface area contributed by atoms with Crippen LogP contribution in [0.4, 0.5) is 0 Å². The third-order valence-electron chi connectivity index (χ3n) is 3.44. The summed E-state index contributed by atoms with van der Waals surface area (Å²) in [4.78, 5) is 11.9. The van der Waals surface area contributed by atoms with E-state index in [4.69, 9.17) is 5.73 Å². The first-order valence-electron chi connectivity index (χ1n) is 5.96. The normalized spacial score (nSPS) is 31.8. The molecule has 3 heteroatoms. The van der Waals surface area contributed by atoms with Gasteiger partial charge in [-0.15, -0.1) is 0 Å². The van der Waals surface area contributed by atoms with Crippen molar-refractivity contribution in [2.45, 2.75) is 50.6 Å². The van der Waals surface area contributed by atoms with Crippen molar-refractivity contribution in [1.82, 2.24) is 5.32 Å². The van der Waals surface area contributed by atoms with Gasteiger partial charge in [-0.25, -0.2) is 0 Å². The number of nitrogens with two attached hydrogens (primary N) is 1. The van der Waals surface area contributed by atoms with Gasteiger partial charge in [-0.05, 0) is 32.1 Å². The summed E-state index contributed by atoms with van der Waals surface area (Å²) in [5.41, 5.74) is 5.88. The average Bonchev–Trinajstić information content (AvgIpc) is 2.70. The van der Waals surface area contributed by atoms with Gasteiger partial charge in [0.15, 0.2) is 0 Å². The standard InChI is InChI=1S/C12H20N2O/c13-10-5-3-4-9(8-10)12(15)14-11-6-1-2-7-11/h1-2,9-11H,3-8,13H2,(H,14,15). The van der Waals surface area contributed by atoms with E-state index in [1.807, 2.05) is 0 Å². The van der Waals surface area contributed by atoms with Gasteiger partial charge in [0.05, 0.1) is 0 Å². The monoisotopic (exact) mass is 208 g/mol. The summed E-state index contributed by atoms with van der Waals surface area (Å²) in [7, 11) is 0. The van der Waals surface area contributed by atoms with Crippen molar-refractivity contribution >= 4 is 5.91 Å². The SMILES string of the molecule is NC1CCCC(C(=O)NC2CC=CC2)C1. The second kappa shape index (κ2) is 4.79. The molecular formula is C12H20N2O. The predicted octanol–water partition coefficient (Wildman–Crippen LogP) is 1.34. The maximum absolute atomic E-state index is 11.9. The van der Waals surface area contributed by atoms with Crippen LogP contribution in [0, 0.1) is 5.92 Å². The molecule has 1 saturated carbocycles. The molecule has 3 N–H and O–H groups in total. The predicted molar refractivity (Wildman–Crippen MR) is 60.2 cm³/mol. The molecule has 1 fully saturated rings. The lowest BCUT2D eigenvalue weighted by atomic mass is 9.85. The summed E-state index contributed by atoms with van der Waals surface area (Å²) in [5, 5.41) is 3.11. The van der Waals surface area contributed by atoms with E-state index >= 15 is 0 Å². The zero-order chi connectivity index (χ0) is 10.7. The van der Waals surface area contributed by atoms with E-state index in [1.54, 1.807) is 0 Å². The van der Waals surface area contributed by atoms with E-state index in [0.717, 1.165) is 38.5 Å². The Morgan fingerprint density at radius 2 is 2.00 bits per heavy atom. The van der Waals surface area contributed by atoms with Crippen LogP contribution in [0.15, 0.2) is 12.2 Å². The van der Waals surface area contributed by atoms with Gasteiger partial charge in [-0.1, -0.05) is 18.6 Å². The first-order valence-corrected chi connectivity index (χ1v) is 5.96. The van der Waals surface area contributed by atoms with Crippen molar-refractivity contribution in [2.75, 3.05) is 0 Å². The van der Waals surface area contributed by atoms with Crippen molar-refractivity contribution in [3.8, 4) is 0 Å². The summed E-state index contributed by atoms with van der Waals surface area (Å²) >= 11 is 0. The zero-order valence-electron chi connectivity index (χ0n) is 9.11. The number of carbonyl (C=O) groups is 1. The summed E-state index contributed by atoms with van der Waals surface area (Å²) in [6, 6.07) is 0.576. The van der Waals surface area contributed by atoms with Crippen LogP contribution >= 0.6 is 0 Å². The largest absolute Gasteiger partial charge is 0.353 e. The molecule has 0 saturated heterocycles. The van der Waals surface area contributed by atoms with Gasteiger partial charge in [0, 0.05) is 18.0 Å². The first-order chi connectivity index (χ1) is 7.25. The lowest BCUT2D eigenvalue weighted by Gasteiger charge is -2.26. The molecular weight excluding hydrogens is 188 g/mol. The molecule has 0 bridgehead atoms. The van der Waals surface area contributed by atoms with Crippen LogP contribution in [-0.4, -0.2) is 18.0 Å². The van der Waals surface area contributed by atoms with E-state index in [-0.39, 0.29) is 17.9 Å². The van der Waals surface area contributed by atoms with E-state index in [0.29, 0.717) is 6.04 Å². The number of nitrogens with one attached hydrogen (secondary N) is 1. The second-order valence-corrected chi connectivity index (χ2v) is 4.77. The zero-order valence-corrected chi connectivity index (χ0v) is 9.11.